The molecule has 0 radical (unpaired) electrons. The highest BCUT2D eigenvalue weighted by atomic mass is 19.1. The van der Waals surface area contributed by atoms with Gasteiger partial charge in [-0.1, -0.05) is 43.3 Å². The van der Waals surface area contributed by atoms with Gasteiger partial charge in [-0.15, -0.1) is 0 Å². The van der Waals surface area contributed by atoms with E-state index in [9.17, 15) is 4.39 Å². The van der Waals surface area contributed by atoms with Crippen molar-refractivity contribution in [1.29, 1.82) is 0 Å². The molecule has 1 atom stereocenters. The highest BCUT2D eigenvalue weighted by molar-refractivity contribution is 5.36. The summed E-state index contributed by atoms with van der Waals surface area (Å²) in [5, 5.41) is 3.31. The van der Waals surface area contributed by atoms with Crippen LogP contribution < -0.4 is 5.32 Å². The number of nitrogens with one attached hydrogen (secondary N) is 1. The molecule has 2 rings (SSSR count). The van der Waals surface area contributed by atoms with E-state index < -0.39 is 0 Å². The molecule has 0 aliphatic carbocycles. The first-order valence-corrected chi connectivity index (χ1v) is 6.68. The Morgan fingerprint density at radius 2 is 1.84 bits per heavy atom. The average molecular weight is 257 g/mol. The van der Waals surface area contributed by atoms with Gasteiger partial charge in [0.25, 0.3) is 0 Å². The Labute approximate surface area is 114 Å². The van der Waals surface area contributed by atoms with Crippen molar-refractivity contribution < 1.29 is 4.39 Å². The normalized spacial score (nSPS) is 12.4. The third-order valence-electron chi connectivity index (χ3n) is 3.50. The van der Waals surface area contributed by atoms with Crippen molar-refractivity contribution in [2.45, 2.75) is 26.3 Å². The maximum Gasteiger partial charge on any atom is 0.126 e. The van der Waals surface area contributed by atoms with Crippen LogP contribution in [-0.4, -0.2) is 7.05 Å². The van der Waals surface area contributed by atoms with Crippen LogP contribution in [-0.2, 0) is 6.42 Å². The molecule has 2 aromatic carbocycles. The second-order valence-corrected chi connectivity index (χ2v) is 4.83. The lowest BCUT2D eigenvalue weighted by Gasteiger charge is -2.18. The summed E-state index contributed by atoms with van der Waals surface area (Å²) in [6.45, 7) is 3.95. The Hall–Kier alpha value is -1.67. The Balaban J connectivity index is 2.40. The van der Waals surface area contributed by atoms with E-state index in [2.05, 4.69) is 36.5 Å². The van der Waals surface area contributed by atoms with E-state index in [0.717, 1.165) is 12.0 Å². The third kappa shape index (κ3) is 3.02. The number of halogens is 1. The SMILES string of the molecule is CCc1cccc(C(NC)c2ccc(F)c(C)c2)c1. The van der Waals surface area contributed by atoms with Crippen molar-refractivity contribution in [2.24, 2.45) is 0 Å². The van der Waals surface area contributed by atoms with Gasteiger partial charge in [0.1, 0.15) is 5.82 Å². The molecule has 0 amide bonds. The maximum absolute atomic E-state index is 13.4. The standard InChI is InChI=1S/C17H20FN/c1-4-13-6-5-7-14(11-13)17(19-3)15-8-9-16(18)12(2)10-15/h5-11,17,19H,4H2,1-3H3. The zero-order chi connectivity index (χ0) is 13.8. The Kier molecular flexibility index (Phi) is 4.33. The molecule has 0 fully saturated rings. The molecule has 1 N–H and O–H groups in total. The van der Waals surface area contributed by atoms with E-state index in [1.54, 1.807) is 13.0 Å². The Morgan fingerprint density at radius 3 is 2.47 bits per heavy atom. The topological polar surface area (TPSA) is 12.0 Å². The molecule has 0 heterocycles. The molecule has 0 spiro atoms. The summed E-state index contributed by atoms with van der Waals surface area (Å²) in [6.07, 6.45) is 1.02. The van der Waals surface area contributed by atoms with Crippen LogP contribution in [0.4, 0.5) is 4.39 Å². The predicted molar refractivity (Wildman–Crippen MR) is 77.9 cm³/mol. The Bertz CT molecular complexity index is 563. The van der Waals surface area contributed by atoms with Gasteiger partial charge >= 0.3 is 0 Å². The largest absolute Gasteiger partial charge is 0.309 e. The van der Waals surface area contributed by atoms with E-state index in [1.807, 2.05) is 19.2 Å². The van der Waals surface area contributed by atoms with Crippen molar-refractivity contribution in [3.05, 3.63) is 70.5 Å². The molecule has 100 valence electrons. The lowest BCUT2D eigenvalue weighted by Crippen LogP contribution is -2.18. The molecule has 19 heavy (non-hydrogen) atoms. The van der Waals surface area contributed by atoms with Gasteiger partial charge in [0, 0.05) is 0 Å². The van der Waals surface area contributed by atoms with Gasteiger partial charge in [-0.05, 0) is 48.7 Å². The molecule has 0 aliphatic rings. The maximum atomic E-state index is 13.4. The van der Waals surface area contributed by atoms with Crippen LogP contribution in [0.2, 0.25) is 0 Å². The summed E-state index contributed by atoms with van der Waals surface area (Å²) in [4.78, 5) is 0. The summed E-state index contributed by atoms with van der Waals surface area (Å²) < 4.78 is 13.4. The highest BCUT2D eigenvalue weighted by Crippen LogP contribution is 2.24. The van der Waals surface area contributed by atoms with Gasteiger partial charge in [0.2, 0.25) is 0 Å². The fraction of sp³-hybridized carbons (Fsp3) is 0.294. The van der Waals surface area contributed by atoms with Crippen LogP contribution in [0.3, 0.4) is 0 Å². The van der Waals surface area contributed by atoms with Crippen molar-refractivity contribution >= 4 is 0 Å². The van der Waals surface area contributed by atoms with Crippen molar-refractivity contribution in [3.8, 4) is 0 Å². The van der Waals surface area contributed by atoms with E-state index in [4.69, 9.17) is 0 Å². The second-order valence-electron chi connectivity index (χ2n) is 4.83. The number of hydrogen-bond donors (Lipinski definition) is 1. The van der Waals surface area contributed by atoms with Gasteiger partial charge in [0.05, 0.1) is 6.04 Å². The molecule has 1 nitrogen and oxygen atoms in total. The number of benzene rings is 2. The van der Waals surface area contributed by atoms with Gasteiger partial charge in [0.15, 0.2) is 0 Å². The average Bonchev–Trinajstić information content (AvgIpc) is 2.44. The first kappa shape index (κ1) is 13.8. The van der Waals surface area contributed by atoms with Crippen molar-refractivity contribution in [2.75, 3.05) is 7.05 Å². The monoisotopic (exact) mass is 257 g/mol. The van der Waals surface area contributed by atoms with Crippen molar-refractivity contribution in [1.82, 2.24) is 5.32 Å². The molecule has 0 aromatic heterocycles. The van der Waals surface area contributed by atoms with Crippen LogP contribution in [0.5, 0.6) is 0 Å². The van der Waals surface area contributed by atoms with Crippen LogP contribution in [0.1, 0.15) is 35.2 Å². The van der Waals surface area contributed by atoms with E-state index in [0.29, 0.717) is 5.56 Å². The van der Waals surface area contributed by atoms with Crippen molar-refractivity contribution in [3.63, 3.8) is 0 Å². The summed E-state index contributed by atoms with van der Waals surface area (Å²) >= 11 is 0. The molecule has 2 aromatic rings. The van der Waals surface area contributed by atoms with E-state index in [-0.39, 0.29) is 11.9 Å². The lowest BCUT2D eigenvalue weighted by atomic mass is 9.95. The molecule has 0 aliphatic heterocycles. The van der Waals surface area contributed by atoms with Crippen LogP contribution in [0, 0.1) is 12.7 Å². The van der Waals surface area contributed by atoms with Gasteiger partial charge in [-0.25, -0.2) is 4.39 Å². The van der Waals surface area contributed by atoms with E-state index >= 15 is 0 Å². The molecule has 2 heteroatoms. The zero-order valence-electron chi connectivity index (χ0n) is 11.7. The smallest absolute Gasteiger partial charge is 0.126 e. The first-order valence-electron chi connectivity index (χ1n) is 6.68. The van der Waals surface area contributed by atoms with Gasteiger partial charge in [-0.3, -0.25) is 0 Å². The molecular weight excluding hydrogens is 237 g/mol. The minimum absolute atomic E-state index is 0.103. The quantitative estimate of drug-likeness (QED) is 0.872. The second kappa shape index (κ2) is 5.98. The predicted octanol–water partition coefficient (Wildman–Crippen LogP) is 4.01. The molecule has 0 saturated heterocycles. The van der Waals surface area contributed by atoms with Gasteiger partial charge < -0.3 is 5.32 Å². The number of aryl methyl sites for hydroxylation is 2. The molecule has 0 bridgehead atoms. The summed E-state index contributed by atoms with van der Waals surface area (Å²) in [5.74, 6) is -0.152. The summed E-state index contributed by atoms with van der Waals surface area (Å²) in [5.41, 5.74) is 4.31. The number of hydrogen-bond acceptors (Lipinski definition) is 1. The van der Waals surface area contributed by atoms with Gasteiger partial charge in [-0.2, -0.15) is 0 Å². The first-order chi connectivity index (χ1) is 9.15. The van der Waals surface area contributed by atoms with Crippen LogP contribution >= 0.6 is 0 Å². The minimum Gasteiger partial charge on any atom is -0.309 e. The molecule has 1 unspecified atom stereocenters. The van der Waals surface area contributed by atoms with Crippen LogP contribution in [0.15, 0.2) is 42.5 Å². The highest BCUT2D eigenvalue weighted by Gasteiger charge is 2.13. The fourth-order valence-electron chi connectivity index (χ4n) is 2.37. The van der Waals surface area contributed by atoms with E-state index in [1.165, 1.54) is 11.1 Å². The third-order valence-corrected chi connectivity index (χ3v) is 3.50. The Morgan fingerprint density at radius 1 is 1.11 bits per heavy atom. The van der Waals surface area contributed by atoms with Crippen LogP contribution in [0.25, 0.3) is 0 Å². The summed E-state index contributed by atoms with van der Waals surface area (Å²) in [7, 11) is 1.93. The lowest BCUT2D eigenvalue weighted by molar-refractivity contribution is 0.614. The zero-order valence-corrected chi connectivity index (χ0v) is 11.7. The fourth-order valence-corrected chi connectivity index (χ4v) is 2.37. The number of rotatable bonds is 4. The minimum atomic E-state index is -0.152. The summed E-state index contributed by atoms with van der Waals surface area (Å²) in [6, 6.07) is 13.9. The molecular formula is C17H20FN. The molecule has 0 saturated carbocycles.